The molecule has 7 heteroatoms. The third-order valence-corrected chi connectivity index (χ3v) is 4.41. The molecule has 1 aromatic rings. The Morgan fingerprint density at radius 2 is 2.06 bits per heavy atom. The van der Waals surface area contributed by atoms with Gasteiger partial charge in [0.25, 0.3) is 0 Å². The van der Waals surface area contributed by atoms with Gasteiger partial charge in [-0.05, 0) is 25.1 Å². The van der Waals surface area contributed by atoms with E-state index in [-0.39, 0.29) is 18.8 Å². The smallest absolute Gasteiger partial charge is 0.246 e. The molecule has 0 amide bonds. The largest absolute Gasteiger partial charge is 0.399 e. The number of sulfonamides is 1. The first-order valence-electron chi connectivity index (χ1n) is 5.00. The van der Waals surface area contributed by atoms with E-state index in [1.165, 1.54) is 13.0 Å². The SMILES string of the molecule is CC1(O)CN(S(=O)(=O)c2cc(N)ccc2F)C1. The molecule has 0 saturated carbocycles. The summed E-state index contributed by atoms with van der Waals surface area (Å²) in [7, 11) is -3.91. The molecular weight excluding hydrogens is 247 g/mol. The zero-order chi connectivity index (χ0) is 12.8. The number of β-amino-alcohol motifs (C(OH)–C–C–N with tert-alkyl or cyclic N) is 1. The van der Waals surface area contributed by atoms with Gasteiger partial charge in [0, 0.05) is 18.8 Å². The number of halogens is 1. The maximum absolute atomic E-state index is 13.5. The van der Waals surface area contributed by atoms with Crippen LogP contribution in [0.1, 0.15) is 6.92 Å². The lowest BCUT2D eigenvalue weighted by atomic mass is 10.0. The lowest BCUT2D eigenvalue weighted by Gasteiger charge is -2.42. The third-order valence-electron chi connectivity index (χ3n) is 2.61. The monoisotopic (exact) mass is 260 g/mol. The van der Waals surface area contributed by atoms with Gasteiger partial charge >= 0.3 is 0 Å². The van der Waals surface area contributed by atoms with Crippen LogP contribution in [-0.2, 0) is 10.0 Å². The van der Waals surface area contributed by atoms with Crippen molar-refractivity contribution in [1.82, 2.24) is 4.31 Å². The van der Waals surface area contributed by atoms with Crippen molar-refractivity contribution in [3.63, 3.8) is 0 Å². The molecular formula is C10H13FN2O3S. The van der Waals surface area contributed by atoms with E-state index in [0.717, 1.165) is 16.4 Å². The fourth-order valence-corrected chi connectivity index (χ4v) is 3.51. The Labute approximate surface area is 98.7 Å². The normalized spacial score (nSPS) is 19.9. The lowest BCUT2D eigenvalue weighted by molar-refractivity contribution is -0.0427. The molecule has 3 N–H and O–H groups in total. The Hall–Kier alpha value is -1.18. The average molecular weight is 260 g/mol. The number of aliphatic hydroxyl groups is 1. The van der Waals surface area contributed by atoms with Crippen molar-refractivity contribution in [3.05, 3.63) is 24.0 Å². The van der Waals surface area contributed by atoms with Crippen molar-refractivity contribution in [3.8, 4) is 0 Å². The molecule has 5 nitrogen and oxygen atoms in total. The second-order valence-electron chi connectivity index (χ2n) is 4.46. The Morgan fingerprint density at radius 1 is 1.47 bits per heavy atom. The summed E-state index contributed by atoms with van der Waals surface area (Å²) < 4.78 is 38.5. The van der Waals surface area contributed by atoms with Crippen LogP contribution in [0.3, 0.4) is 0 Å². The summed E-state index contributed by atoms with van der Waals surface area (Å²) in [6.07, 6.45) is 0. The predicted octanol–water partition coefficient (Wildman–Crippen LogP) is 0.163. The highest BCUT2D eigenvalue weighted by Crippen LogP contribution is 2.29. The molecule has 1 aromatic carbocycles. The molecule has 0 aromatic heterocycles. The van der Waals surface area contributed by atoms with E-state index in [1.807, 2.05) is 0 Å². The first-order valence-corrected chi connectivity index (χ1v) is 6.44. The topological polar surface area (TPSA) is 83.6 Å². The van der Waals surface area contributed by atoms with Gasteiger partial charge in [-0.3, -0.25) is 0 Å². The van der Waals surface area contributed by atoms with Crippen LogP contribution < -0.4 is 5.73 Å². The van der Waals surface area contributed by atoms with E-state index in [4.69, 9.17) is 5.73 Å². The second kappa shape index (κ2) is 3.66. The van der Waals surface area contributed by atoms with E-state index in [1.54, 1.807) is 0 Å². The van der Waals surface area contributed by atoms with E-state index >= 15 is 0 Å². The van der Waals surface area contributed by atoms with Crippen molar-refractivity contribution in [2.24, 2.45) is 0 Å². The number of nitrogens with two attached hydrogens (primary N) is 1. The van der Waals surface area contributed by atoms with Crippen LogP contribution in [0.5, 0.6) is 0 Å². The number of benzene rings is 1. The summed E-state index contributed by atoms with van der Waals surface area (Å²) in [5.74, 6) is -0.842. The number of hydrogen-bond acceptors (Lipinski definition) is 4. The average Bonchev–Trinajstić information content (AvgIpc) is 2.18. The van der Waals surface area contributed by atoms with Crippen molar-refractivity contribution in [1.29, 1.82) is 0 Å². The van der Waals surface area contributed by atoms with Crippen molar-refractivity contribution >= 4 is 15.7 Å². The number of nitrogens with zero attached hydrogens (tertiary/aromatic N) is 1. The molecule has 1 aliphatic heterocycles. The minimum atomic E-state index is -3.91. The second-order valence-corrected chi connectivity index (χ2v) is 6.37. The fourth-order valence-electron chi connectivity index (χ4n) is 1.74. The lowest BCUT2D eigenvalue weighted by Crippen LogP contribution is -2.61. The number of rotatable bonds is 2. The van der Waals surface area contributed by atoms with Gasteiger partial charge in [0.1, 0.15) is 10.7 Å². The van der Waals surface area contributed by atoms with E-state index in [2.05, 4.69) is 0 Å². The van der Waals surface area contributed by atoms with Crippen LogP contribution in [0.15, 0.2) is 23.1 Å². The van der Waals surface area contributed by atoms with Gasteiger partial charge < -0.3 is 10.8 Å². The molecule has 94 valence electrons. The first-order chi connectivity index (χ1) is 7.72. The zero-order valence-corrected chi connectivity index (χ0v) is 10.0. The molecule has 0 unspecified atom stereocenters. The van der Waals surface area contributed by atoms with E-state index in [0.29, 0.717) is 0 Å². The zero-order valence-electron chi connectivity index (χ0n) is 9.22. The highest BCUT2D eigenvalue weighted by molar-refractivity contribution is 7.89. The number of anilines is 1. The van der Waals surface area contributed by atoms with Crippen molar-refractivity contribution < 1.29 is 17.9 Å². The van der Waals surface area contributed by atoms with Gasteiger partial charge in [-0.25, -0.2) is 12.8 Å². The molecule has 1 saturated heterocycles. The summed E-state index contributed by atoms with van der Waals surface area (Å²) in [4.78, 5) is -0.451. The molecule has 1 heterocycles. The van der Waals surface area contributed by atoms with Crippen LogP contribution in [-0.4, -0.2) is 36.5 Å². The molecule has 17 heavy (non-hydrogen) atoms. The van der Waals surface area contributed by atoms with Gasteiger partial charge in [-0.1, -0.05) is 0 Å². The minimum Gasteiger partial charge on any atom is -0.399 e. The standard InChI is InChI=1S/C10H13FN2O3S/c1-10(14)5-13(6-10)17(15,16)9-4-7(12)2-3-8(9)11/h2-4,14H,5-6,12H2,1H3. The van der Waals surface area contributed by atoms with Gasteiger partial charge in [-0.2, -0.15) is 4.31 Å². The molecule has 0 radical (unpaired) electrons. The fraction of sp³-hybridized carbons (Fsp3) is 0.400. The van der Waals surface area contributed by atoms with Crippen LogP contribution in [0.4, 0.5) is 10.1 Å². The predicted molar refractivity (Wildman–Crippen MR) is 60.2 cm³/mol. The Bertz CT molecular complexity index is 549. The molecule has 1 fully saturated rings. The van der Waals surface area contributed by atoms with E-state index < -0.39 is 26.3 Å². The van der Waals surface area contributed by atoms with Crippen LogP contribution in [0.25, 0.3) is 0 Å². The van der Waals surface area contributed by atoms with Crippen LogP contribution in [0, 0.1) is 5.82 Å². The molecule has 0 bridgehead atoms. The van der Waals surface area contributed by atoms with Crippen molar-refractivity contribution in [2.75, 3.05) is 18.8 Å². The minimum absolute atomic E-state index is 0.0381. The van der Waals surface area contributed by atoms with Crippen LogP contribution in [0.2, 0.25) is 0 Å². The number of nitrogen functional groups attached to an aromatic ring is 1. The third kappa shape index (κ3) is 2.13. The first kappa shape index (κ1) is 12.3. The van der Waals surface area contributed by atoms with Gasteiger partial charge in [-0.15, -0.1) is 0 Å². The quantitative estimate of drug-likeness (QED) is 0.742. The molecule has 0 spiro atoms. The molecule has 0 aliphatic carbocycles. The summed E-state index contributed by atoms with van der Waals surface area (Å²) in [6.45, 7) is 1.45. The van der Waals surface area contributed by atoms with Gasteiger partial charge in [0.2, 0.25) is 10.0 Å². The maximum Gasteiger partial charge on any atom is 0.246 e. The summed E-state index contributed by atoms with van der Waals surface area (Å²) in [5, 5.41) is 9.49. The number of hydrogen-bond donors (Lipinski definition) is 2. The highest BCUT2D eigenvalue weighted by Gasteiger charge is 2.44. The van der Waals surface area contributed by atoms with Gasteiger partial charge in [0.05, 0.1) is 5.60 Å². The summed E-state index contributed by atoms with van der Waals surface area (Å²) in [6, 6.07) is 3.39. The van der Waals surface area contributed by atoms with E-state index in [9.17, 15) is 17.9 Å². The molecule has 2 rings (SSSR count). The van der Waals surface area contributed by atoms with Crippen LogP contribution >= 0.6 is 0 Å². The Balaban J connectivity index is 2.36. The summed E-state index contributed by atoms with van der Waals surface area (Å²) in [5.41, 5.74) is 4.58. The maximum atomic E-state index is 13.5. The Morgan fingerprint density at radius 3 is 2.59 bits per heavy atom. The summed E-state index contributed by atoms with van der Waals surface area (Å²) >= 11 is 0. The highest BCUT2D eigenvalue weighted by atomic mass is 32.2. The van der Waals surface area contributed by atoms with Crippen molar-refractivity contribution in [2.45, 2.75) is 17.4 Å². The molecule has 1 aliphatic rings. The Kier molecular flexibility index (Phi) is 2.64. The van der Waals surface area contributed by atoms with Gasteiger partial charge in [0.15, 0.2) is 0 Å². The molecule has 0 atom stereocenters.